The Morgan fingerprint density at radius 3 is 3.10 bits per heavy atom. The summed E-state index contributed by atoms with van der Waals surface area (Å²) in [6.07, 6.45) is 0.285. The van der Waals surface area contributed by atoms with E-state index in [4.69, 9.17) is 9.15 Å². The van der Waals surface area contributed by atoms with E-state index in [2.05, 4.69) is 29.3 Å². The van der Waals surface area contributed by atoms with Crippen LogP contribution in [0.5, 0.6) is 0 Å². The van der Waals surface area contributed by atoms with Gasteiger partial charge in [-0.15, -0.1) is 0 Å². The molecule has 1 saturated heterocycles. The van der Waals surface area contributed by atoms with Gasteiger partial charge in [0, 0.05) is 25.0 Å². The predicted octanol–water partition coefficient (Wildman–Crippen LogP) is 2.24. The van der Waals surface area contributed by atoms with Crippen LogP contribution in [0.2, 0.25) is 0 Å². The van der Waals surface area contributed by atoms with E-state index in [1.807, 2.05) is 18.2 Å². The second-order valence-electron chi connectivity index (χ2n) is 5.27. The fraction of sp³-hybridized carbons (Fsp3) is 0.500. The lowest BCUT2D eigenvalue weighted by atomic mass is 10.2. The number of hydrogen-bond donors (Lipinski definition) is 1. The molecular weight excluding hydrogens is 252 g/mol. The first-order chi connectivity index (χ1) is 9.85. The van der Waals surface area contributed by atoms with Crippen LogP contribution >= 0.6 is 0 Å². The zero-order valence-corrected chi connectivity index (χ0v) is 12.0. The Labute approximate surface area is 119 Å². The lowest BCUT2D eigenvalue weighted by Crippen LogP contribution is -2.46. The van der Waals surface area contributed by atoms with E-state index in [-0.39, 0.29) is 6.10 Å². The quantitative estimate of drug-likeness (QED) is 0.907. The van der Waals surface area contributed by atoms with Crippen LogP contribution in [0.1, 0.15) is 12.7 Å². The van der Waals surface area contributed by atoms with Crippen molar-refractivity contribution < 1.29 is 9.15 Å². The highest BCUT2D eigenvalue weighted by molar-refractivity contribution is 5.77. The molecule has 0 bridgehead atoms. The van der Waals surface area contributed by atoms with Crippen LogP contribution in [-0.2, 0) is 11.3 Å². The Balaban J connectivity index is 1.49. The molecule has 3 rings (SSSR count). The molecule has 0 spiro atoms. The maximum Gasteiger partial charge on any atom is 0.134 e. The number of benzene rings is 1. The number of para-hydroxylation sites is 1. The molecule has 1 aromatic heterocycles. The molecular formula is C16H22N2O2. The van der Waals surface area contributed by atoms with Crippen molar-refractivity contribution in [3.8, 4) is 0 Å². The number of furan rings is 1. The van der Waals surface area contributed by atoms with Crippen LogP contribution < -0.4 is 5.32 Å². The summed E-state index contributed by atoms with van der Waals surface area (Å²) >= 11 is 0. The molecule has 0 aliphatic carbocycles. The largest absolute Gasteiger partial charge is 0.460 e. The topological polar surface area (TPSA) is 37.6 Å². The molecule has 1 N–H and O–H groups in total. The monoisotopic (exact) mass is 274 g/mol. The second kappa shape index (κ2) is 6.39. The van der Waals surface area contributed by atoms with Gasteiger partial charge < -0.3 is 14.5 Å². The molecule has 0 radical (unpaired) electrons. The molecule has 1 aromatic carbocycles. The summed E-state index contributed by atoms with van der Waals surface area (Å²) < 4.78 is 11.6. The molecule has 108 valence electrons. The van der Waals surface area contributed by atoms with Gasteiger partial charge in [0.25, 0.3) is 0 Å². The average Bonchev–Trinajstić information content (AvgIpc) is 2.90. The minimum atomic E-state index is 0.285. The summed E-state index contributed by atoms with van der Waals surface area (Å²) in [6, 6.07) is 10.2. The van der Waals surface area contributed by atoms with E-state index in [0.29, 0.717) is 0 Å². The number of nitrogens with zero attached hydrogens (tertiary/aromatic N) is 1. The molecule has 0 saturated carbocycles. The standard InChI is InChI=1S/C16H22N2O2/c1-2-18-7-8-19-15(12-18)11-17-10-14-9-13-5-3-4-6-16(13)20-14/h3-6,9,15,17H,2,7-8,10-12H2,1H3. The van der Waals surface area contributed by atoms with Crippen molar-refractivity contribution in [2.24, 2.45) is 0 Å². The Kier molecular flexibility index (Phi) is 4.35. The highest BCUT2D eigenvalue weighted by atomic mass is 16.5. The second-order valence-corrected chi connectivity index (χ2v) is 5.27. The number of rotatable bonds is 5. The summed E-state index contributed by atoms with van der Waals surface area (Å²) in [7, 11) is 0. The van der Waals surface area contributed by atoms with Crippen molar-refractivity contribution in [2.45, 2.75) is 19.6 Å². The van der Waals surface area contributed by atoms with Crippen molar-refractivity contribution in [2.75, 3.05) is 32.8 Å². The lowest BCUT2D eigenvalue weighted by molar-refractivity contribution is -0.0255. The molecule has 2 heterocycles. The SMILES string of the molecule is CCN1CCOC(CNCc2cc3ccccc3o2)C1. The summed E-state index contributed by atoms with van der Waals surface area (Å²) in [6.45, 7) is 7.83. The van der Waals surface area contributed by atoms with E-state index >= 15 is 0 Å². The number of morpholine rings is 1. The molecule has 4 heteroatoms. The van der Waals surface area contributed by atoms with Gasteiger partial charge >= 0.3 is 0 Å². The molecule has 1 atom stereocenters. The fourth-order valence-electron chi connectivity index (χ4n) is 2.67. The maximum atomic E-state index is 5.79. The van der Waals surface area contributed by atoms with Crippen LogP contribution in [0.25, 0.3) is 11.0 Å². The van der Waals surface area contributed by atoms with Crippen LogP contribution in [0.3, 0.4) is 0 Å². The van der Waals surface area contributed by atoms with Crippen LogP contribution in [0.4, 0.5) is 0 Å². The van der Waals surface area contributed by atoms with Crippen molar-refractivity contribution in [1.82, 2.24) is 10.2 Å². The summed E-state index contributed by atoms with van der Waals surface area (Å²) in [5, 5.41) is 4.59. The fourth-order valence-corrected chi connectivity index (χ4v) is 2.67. The first kappa shape index (κ1) is 13.6. The van der Waals surface area contributed by atoms with Gasteiger partial charge in [-0.2, -0.15) is 0 Å². The zero-order valence-electron chi connectivity index (χ0n) is 12.0. The Hall–Kier alpha value is -1.36. The molecule has 0 amide bonds. The number of ether oxygens (including phenoxy) is 1. The van der Waals surface area contributed by atoms with Crippen LogP contribution in [0.15, 0.2) is 34.7 Å². The number of hydrogen-bond acceptors (Lipinski definition) is 4. The van der Waals surface area contributed by atoms with Gasteiger partial charge in [-0.25, -0.2) is 0 Å². The van der Waals surface area contributed by atoms with Gasteiger partial charge in [-0.3, -0.25) is 4.90 Å². The molecule has 1 aliphatic heterocycles. The molecule has 4 nitrogen and oxygen atoms in total. The minimum Gasteiger partial charge on any atom is -0.460 e. The van der Waals surface area contributed by atoms with Crippen LogP contribution in [0, 0.1) is 0 Å². The van der Waals surface area contributed by atoms with E-state index in [1.165, 1.54) is 0 Å². The Morgan fingerprint density at radius 1 is 1.35 bits per heavy atom. The normalized spacial score (nSPS) is 20.6. The van der Waals surface area contributed by atoms with E-state index in [1.54, 1.807) is 0 Å². The van der Waals surface area contributed by atoms with Crippen molar-refractivity contribution in [1.29, 1.82) is 0 Å². The van der Waals surface area contributed by atoms with Gasteiger partial charge in [-0.05, 0) is 18.7 Å². The molecule has 20 heavy (non-hydrogen) atoms. The zero-order chi connectivity index (χ0) is 13.8. The highest BCUT2D eigenvalue weighted by Crippen LogP contribution is 2.18. The Morgan fingerprint density at radius 2 is 2.25 bits per heavy atom. The maximum absolute atomic E-state index is 5.79. The first-order valence-electron chi connectivity index (χ1n) is 7.37. The molecule has 2 aromatic rings. The minimum absolute atomic E-state index is 0.285. The molecule has 1 unspecified atom stereocenters. The van der Waals surface area contributed by atoms with Gasteiger partial charge in [0.05, 0.1) is 19.3 Å². The summed E-state index contributed by atoms with van der Waals surface area (Å²) in [5.41, 5.74) is 0.954. The van der Waals surface area contributed by atoms with Crippen molar-refractivity contribution in [3.05, 3.63) is 36.1 Å². The third-order valence-electron chi connectivity index (χ3n) is 3.82. The van der Waals surface area contributed by atoms with Crippen molar-refractivity contribution in [3.63, 3.8) is 0 Å². The lowest BCUT2D eigenvalue weighted by Gasteiger charge is -2.32. The highest BCUT2D eigenvalue weighted by Gasteiger charge is 2.18. The van der Waals surface area contributed by atoms with Gasteiger partial charge in [0.15, 0.2) is 0 Å². The van der Waals surface area contributed by atoms with E-state index in [0.717, 1.165) is 56.1 Å². The predicted molar refractivity (Wildman–Crippen MR) is 79.8 cm³/mol. The average molecular weight is 274 g/mol. The smallest absolute Gasteiger partial charge is 0.134 e. The van der Waals surface area contributed by atoms with E-state index in [9.17, 15) is 0 Å². The first-order valence-corrected chi connectivity index (χ1v) is 7.37. The van der Waals surface area contributed by atoms with Crippen molar-refractivity contribution >= 4 is 11.0 Å². The third kappa shape index (κ3) is 3.20. The molecule has 1 fully saturated rings. The molecule has 1 aliphatic rings. The number of nitrogens with one attached hydrogen (secondary N) is 1. The van der Waals surface area contributed by atoms with E-state index < -0.39 is 0 Å². The summed E-state index contributed by atoms with van der Waals surface area (Å²) in [4.78, 5) is 2.43. The Bertz CT molecular complexity index is 519. The number of likely N-dealkylation sites (N-methyl/N-ethyl adjacent to an activating group) is 1. The summed E-state index contributed by atoms with van der Waals surface area (Å²) in [5.74, 6) is 0.981. The number of fused-ring (bicyclic) bond motifs is 1. The van der Waals surface area contributed by atoms with Gasteiger partial charge in [0.2, 0.25) is 0 Å². The third-order valence-corrected chi connectivity index (χ3v) is 3.82. The van der Waals surface area contributed by atoms with Gasteiger partial charge in [0.1, 0.15) is 11.3 Å². The van der Waals surface area contributed by atoms with Crippen LogP contribution in [-0.4, -0.2) is 43.8 Å². The van der Waals surface area contributed by atoms with Gasteiger partial charge in [-0.1, -0.05) is 25.1 Å².